The normalized spacial score (nSPS) is 15.9. The van der Waals surface area contributed by atoms with E-state index in [1.165, 1.54) is 28.6 Å². The van der Waals surface area contributed by atoms with E-state index < -0.39 is 17.7 Å². The fourth-order valence-electron chi connectivity index (χ4n) is 2.53. The Balaban J connectivity index is 2.03. The minimum Gasteiger partial charge on any atom is -0.308 e. The van der Waals surface area contributed by atoms with Crippen LogP contribution < -0.4 is 5.32 Å². The Bertz CT molecular complexity index is 581. The molecule has 1 aromatic heterocycles. The largest absolute Gasteiger partial charge is 0.308 e. The number of hydrogen-bond acceptors (Lipinski definition) is 3. The molecule has 0 bridgehead atoms. The summed E-state index contributed by atoms with van der Waals surface area (Å²) in [6.07, 6.45) is 1.06. The molecule has 20 heavy (non-hydrogen) atoms. The molecular formula is C15H15F2NS2. The van der Waals surface area contributed by atoms with Crippen LogP contribution in [-0.2, 0) is 12.2 Å². The van der Waals surface area contributed by atoms with Crippen molar-refractivity contribution in [2.45, 2.75) is 18.2 Å². The van der Waals surface area contributed by atoms with Crippen LogP contribution >= 0.6 is 23.1 Å². The summed E-state index contributed by atoms with van der Waals surface area (Å²) in [7, 11) is 1.74. The first kappa shape index (κ1) is 14.0. The average Bonchev–Trinajstić information content (AvgIpc) is 2.86. The Hall–Kier alpha value is -0.910. The Morgan fingerprint density at radius 3 is 2.65 bits per heavy atom. The van der Waals surface area contributed by atoms with Crippen LogP contribution in [0.1, 0.15) is 26.9 Å². The van der Waals surface area contributed by atoms with Crippen LogP contribution in [0.3, 0.4) is 0 Å². The number of halogens is 2. The third-order valence-corrected chi connectivity index (χ3v) is 5.82. The van der Waals surface area contributed by atoms with Crippen LogP contribution in [0.25, 0.3) is 0 Å². The van der Waals surface area contributed by atoms with E-state index in [9.17, 15) is 8.78 Å². The molecule has 0 amide bonds. The van der Waals surface area contributed by atoms with Gasteiger partial charge in [0.05, 0.1) is 6.04 Å². The Morgan fingerprint density at radius 1 is 1.25 bits per heavy atom. The van der Waals surface area contributed by atoms with Gasteiger partial charge in [-0.05, 0) is 43.0 Å². The van der Waals surface area contributed by atoms with E-state index in [0.29, 0.717) is 0 Å². The second-order valence-corrected chi connectivity index (χ2v) is 7.03. The number of aryl methyl sites for hydroxylation is 1. The molecule has 2 aromatic rings. The molecule has 1 N–H and O–H groups in total. The maximum Gasteiger partial charge on any atom is 0.131 e. The van der Waals surface area contributed by atoms with Gasteiger partial charge in [0.2, 0.25) is 0 Å². The van der Waals surface area contributed by atoms with Crippen molar-refractivity contribution in [3.05, 3.63) is 56.8 Å². The van der Waals surface area contributed by atoms with Gasteiger partial charge in [-0.25, -0.2) is 8.78 Å². The molecule has 0 saturated heterocycles. The van der Waals surface area contributed by atoms with Gasteiger partial charge >= 0.3 is 0 Å². The van der Waals surface area contributed by atoms with Gasteiger partial charge in [-0.2, -0.15) is 11.8 Å². The Morgan fingerprint density at radius 2 is 2.00 bits per heavy atom. The number of thiophene rings is 1. The van der Waals surface area contributed by atoms with Crippen molar-refractivity contribution in [2.75, 3.05) is 12.8 Å². The van der Waals surface area contributed by atoms with Crippen molar-refractivity contribution in [1.82, 2.24) is 5.32 Å². The van der Waals surface area contributed by atoms with E-state index in [-0.39, 0.29) is 5.56 Å². The minimum atomic E-state index is -0.495. The molecule has 1 aromatic carbocycles. The Kier molecular flexibility index (Phi) is 4.10. The van der Waals surface area contributed by atoms with Gasteiger partial charge < -0.3 is 5.32 Å². The molecule has 0 spiro atoms. The maximum absolute atomic E-state index is 14.0. The highest BCUT2D eigenvalue weighted by atomic mass is 32.2. The van der Waals surface area contributed by atoms with E-state index in [0.717, 1.165) is 22.8 Å². The summed E-state index contributed by atoms with van der Waals surface area (Å²) in [6.45, 7) is 0. The molecule has 3 rings (SSSR count). The van der Waals surface area contributed by atoms with Gasteiger partial charge in [-0.15, -0.1) is 11.3 Å². The molecule has 2 heterocycles. The summed E-state index contributed by atoms with van der Waals surface area (Å²) in [5.41, 5.74) is 1.43. The monoisotopic (exact) mass is 311 g/mol. The van der Waals surface area contributed by atoms with Crippen LogP contribution in [0.5, 0.6) is 0 Å². The maximum atomic E-state index is 14.0. The SMILES string of the molecule is CNC(c1cc2c(s1)CCSC2)c1c(F)cccc1F. The van der Waals surface area contributed by atoms with Crippen LogP contribution in [0, 0.1) is 11.6 Å². The molecule has 106 valence electrons. The minimum absolute atomic E-state index is 0.112. The van der Waals surface area contributed by atoms with Gasteiger partial charge in [0, 0.05) is 21.1 Å². The molecule has 1 aliphatic heterocycles. The summed E-state index contributed by atoms with van der Waals surface area (Å²) in [5.74, 6) is 1.14. The highest BCUT2D eigenvalue weighted by Crippen LogP contribution is 2.37. The van der Waals surface area contributed by atoms with E-state index in [2.05, 4.69) is 11.4 Å². The van der Waals surface area contributed by atoms with Crippen molar-refractivity contribution >= 4 is 23.1 Å². The molecule has 5 heteroatoms. The van der Waals surface area contributed by atoms with E-state index in [1.807, 2.05) is 11.8 Å². The van der Waals surface area contributed by atoms with Crippen LogP contribution in [0.2, 0.25) is 0 Å². The molecular weight excluding hydrogens is 296 g/mol. The van der Waals surface area contributed by atoms with E-state index in [1.54, 1.807) is 18.4 Å². The first-order valence-corrected chi connectivity index (χ1v) is 8.48. The highest BCUT2D eigenvalue weighted by molar-refractivity contribution is 7.98. The highest BCUT2D eigenvalue weighted by Gasteiger charge is 2.24. The fourth-order valence-corrected chi connectivity index (χ4v) is 5.02. The number of rotatable bonds is 3. The van der Waals surface area contributed by atoms with Crippen LogP contribution in [0.15, 0.2) is 24.3 Å². The summed E-state index contributed by atoms with van der Waals surface area (Å²) >= 11 is 3.58. The lowest BCUT2D eigenvalue weighted by atomic mass is 10.0. The first-order chi connectivity index (χ1) is 9.70. The van der Waals surface area contributed by atoms with Crippen LogP contribution in [0.4, 0.5) is 8.78 Å². The Labute approximate surface area is 125 Å². The molecule has 1 atom stereocenters. The zero-order valence-corrected chi connectivity index (χ0v) is 12.7. The number of benzene rings is 1. The molecule has 0 aliphatic carbocycles. The van der Waals surface area contributed by atoms with Gasteiger partial charge in [0.25, 0.3) is 0 Å². The van der Waals surface area contributed by atoms with Crippen molar-refractivity contribution in [2.24, 2.45) is 0 Å². The van der Waals surface area contributed by atoms with Gasteiger partial charge in [0.1, 0.15) is 11.6 Å². The zero-order chi connectivity index (χ0) is 14.1. The van der Waals surface area contributed by atoms with Crippen molar-refractivity contribution in [3.63, 3.8) is 0 Å². The van der Waals surface area contributed by atoms with Gasteiger partial charge in [-0.1, -0.05) is 6.07 Å². The second-order valence-electron chi connectivity index (χ2n) is 4.76. The fraction of sp³-hybridized carbons (Fsp3) is 0.333. The molecule has 1 unspecified atom stereocenters. The lowest BCUT2D eigenvalue weighted by Gasteiger charge is -2.16. The average molecular weight is 311 g/mol. The summed E-state index contributed by atoms with van der Waals surface area (Å²) in [5, 5.41) is 3.05. The van der Waals surface area contributed by atoms with Crippen molar-refractivity contribution < 1.29 is 8.78 Å². The van der Waals surface area contributed by atoms with Crippen LogP contribution in [-0.4, -0.2) is 12.8 Å². The summed E-state index contributed by atoms with van der Waals surface area (Å²) in [6, 6.07) is 5.70. The molecule has 1 nitrogen and oxygen atoms in total. The smallest absolute Gasteiger partial charge is 0.131 e. The molecule has 0 saturated carbocycles. The first-order valence-electron chi connectivity index (χ1n) is 6.51. The molecule has 0 radical (unpaired) electrons. The summed E-state index contributed by atoms with van der Waals surface area (Å²) in [4.78, 5) is 2.35. The predicted octanol–water partition coefficient (Wildman–Crippen LogP) is 4.12. The van der Waals surface area contributed by atoms with Crippen molar-refractivity contribution in [1.29, 1.82) is 0 Å². The van der Waals surface area contributed by atoms with Crippen molar-refractivity contribution in [3.8, 4) is 0 Å². The van der Waals surface area contributed by atoms with E-state index >= 15 is 0 Å². The molecule has 0 fully saturated rings. The standard InChI is InChI=1S/C15H15F2NS2/c1-18-15(14-10(16)3-2-4-11(14)17)13-7-9-8-19-6-5-12(9)20-13/h2-4,7,15,18H,5-6,8H2,1H3. The number of nitrogens with one attached hydrogen (secondary N) is 1. The van der Waals surface area contributed by atoms with Gasteiger partial charge in [0.15, 0.2) is 0 Å². The third kappa shape index (κ3) is 2.50. The summed E-state index contributed by atoms with van der Waals surface area (Å²) < 4.78 is 28.0. The van der Waals surface area contributed by atoms with Gasteiger partial charge in [-0.3, -0.25) is 0 Å². The topological polar surface area (TPSA) is 12.0 Å². The second kappa shape index (κ2) is 5.84. The zero-order valence-electron chi connectivity index (χ0n) is 11.1. The van der Waals surface area contributed by atoms with E-state index in [4.69, 9.17) is 0 Å². The number of fused-ring (bicyclic) bond motifs is 1. The quantitative estimate of drug-likeness (QED) is 0.915. The lowest BCUT2D eigenvalue weighted by molar-refractivity contribution is 0.524. The number of thioether (sulfide) groups is 1. The predicted molar refractivity (Wildman–Crippen MR) is 81.4 cm³/mol. The number of hydrogen-bond donors (Lipinski definition) is 1. The molecule has 1 aliphatic rings. The third-order valence-electron chi connectivity index (χ3n) is 3.51. The lowest BCUT2D eigenvalue weighted by Crippen LogP contribution is -2.19.